The van der Waals surface area contributed by atoms with Crippen LogP contribution in [0.1, 0.15) is 26.2 Å². The summed E-state index contributed by atoms with van der Waals surface area (Å²) >= 11 is 0. The number of hydrogen-bond acceptors (Lipinski definition) is 3. The Hall–Kier alpha value is -1.07. The van der Waals surface area contributed by atoms with Crippen LogP contribution in [0.2, 0.25) is 0 Å². The van der Waals surface area contributed by atoms with Crippen molar-refractivity contribution in [3.63, 3.8) is 0 Å². The molecule has 0 spiro atoms. The summed E-state index contributed by atoms with van der Waals surface area (Å²) < 4.78 is 110. The summed E-state index contributed by atoms with van der Waals surface area (Å²) in [6.45, 7) is 1.34. The van der Waals surface area contributed by atoms with Crippen molar-refractivity contribution in [1.29, 1.82) is 0 Å². The molecule has 0 radical (unpaired) electrons. The highest BCUT2D eigenvalue weighted by Gasteiger charge is 2.72. The van der Waals surface area contributed by atoms with E-state index in [9.17, 15) is 43.9 Å². The monoisotopic (exact) mass is 362 g/mol. The van der Waals surface area contributed by atoms with Crippen molar-refractivity contribution < 1.29 is 49.1 Å². The Bertz CT molecular complexity index is 498. The first-order valence-corrected chi connectivity index (χ1v) is 7.58. The number of halogens is 7. The lowest BCUT2D eigenvalue weighted by molar-refractivity contribution is -0.355. The molecule has 0 heterocycles. The standard InChI is InChI=1S/C10H13F7O4S/c1-2-5-22(20,21)6(7(18)19)3-4-8(11,12)9(13,14)10(15,16)17/h6H,2-5H2,1H3,(H,18,19). The minimum absolute atomic E-state index is 0.0682. The van der Waals surface area contributed by atoms with Crippen LogP contribution in [-0.2, 0) is 14.6 Å². The molecule has 0 aromatic carbocycles. The average Bonchev–Trinajstić information content (AvgIpc) is 2.25. The van der Waals surface area contributed by atoms with Crippen LogP contribution in [0, 0.1) is 0 Å². The summed E-state index contributed by atoms with van der Waals surface area (Å²) in [5.74, 6) is -14.8. The quantitative estimate of drug-likeness (QED) is 0.674. The van der Waals surface area contributed by atoms with Gasteiger partial charge in [-0.2, -0.15) is 30.7 Å². The highest BCUT2D eigenvalue weighted by Crippen LogP contribution is 2.48. The smallest absolute Gasteiger partial charge is 0.459 e. The van der Waals surface area contributed by atoms with Crippen LogP contribution in [0.15, 0.2) is 0 Å². The summed E-state index contributed by atoms with van der Waals surface area (Å²) in [7, 11) is -4.43. The Morgan fingerprint density at radius 3 is 1.86 bits per heavy atom. The number of aliphatic carboxylic acids is 1. The zero-order chi connectivity index (χ0) is 18.0. The third-order valence-electron chi connectivity index (χ3n) is 2.73. The molecule has 0 aromatic heterocycles. The Morgan fingerprint density at radius 1 is 1.09 bits per heavy atom. The van der Waals surface area contributed by atoms with Crippen molar-refractivity contribution in [2.45, 2.75) is 49.5 Å². The molecule has 0 aliphatic heterocycles. The molecule has 0 bridgehead atoms. The second-order valence-corrected chi connectivity index (χ2v) is 6.81. The van der Waals surface area contributed by atoms with E-state index in [0.717, 1.165) is 0 Å². The van der Waals surface area contributed by atoms with Gasteiger partial charge < -0.3 is 5.11 Å². The van der Waals surface area contributed by atoms with E-state index in [4.69, 9.17) is 5.11 Å². The van der Waals surface area contributed by atoms with E-state index in [2.05, 4.69) is 0 Å². The summed E-state index contributed by atoms with van der Waals surface area (Å²) in [5, 5.41) is 6.19. The fourth-order valence-electron chi connectivity index (χ4n) is 1.56. The molecule has 0 saturated carbocycles. The molecule has 12 heteroatoms. The van der Waals surface area contributed by atoms with Gasteiger partial charge in [0.25, 0.3) is 0 Å². The van der Waals surface area contributed by atoms with E-state index >= 15 is 0 Å². The zero-order valence-corrected chi connectivity index (χ0v) is 11.9. The Balaban J connectivity index is 5.28. The van der Waals surface area contributed by atoms with E-state index < -0.39 is 57.7 Å². The summed E-state index contributed by atoms with van der Waals surface area (Å²) in [5.41, 5.74) is 0. The molecule has 132 valence electrons. The van der Waals surface area contributed by atoms with Gasteiger partial charge in [0.1, 0.15) is 0 Å². The van der Waals surface area contributed by atoms with E-state index in [0.29, 0.717) is 0 Å². The molecular formula is C10H13F7O4S. The number of carbonyl (C=O) groups is 1. The van der Waals surface area contributed by atoms with Crippen LogP contribution < -0.4 is 0 Å². The van der Waals surface area contributed by atoms with Crippen LogP contribution in [0.3, 0.4) is 0 Å². The molecule has 0 aliphatic rings. The maximum Gasteiger partial charge on any atom is 0.459 e. The first kappa shape index (κ1) is 20.9. The summed E-state index contributed by atoms with van der Waals surface area (Å²) in [4.78, 5) is 10.8. The van der Waals surface area contributed by atoms with Crippen molar-refractivity contribution >= 4 is 15.8 Å². The van der Waals surface area contributed by atoms with Crippen molar-refractivity contribution in [2.75, 3.05) is 5.75 Å². The first-order valence-electron chi connectivity index (χ1n) is 5.87. The highest BCUT2D eigenvalue weighted by atomic mass is 32.2. The van der Waals surface area contributed by atoms with Gasteiger partial charge in [-0.15, -0.1) is 0 Å². The van der Waals surface area contributed by atoms with Crippen LogP contribution in [-0.4, -0.2) is 48.5 Å². The number of carboxylic acids is 1. The molecule has 0 fully saturated rings. The lowest BCUT2D eigenvalue weighted by Gasteiger charge is -2.28. The third-order valence-corrected chi connectivity index (χ3v) is 5.02. The molecule has 1 unspecified atom stereocenters. The van der Waals surface area contributed by atoms with Gasteiger partial charge in [0.05, 0.1) is 5.75 Å². The molecular weight excluding hydrogens is 349 g/mol. The molecule has 22 heavy (non-hydrogen) atoms. The van der Waals surface area contributed by atoms with Crippen molar-refractivity contribution in [3.8, 4) is 0 Å². The number of sulfone groups is 1. The van der Waals surface area contributed by atoms with Crippen molar-refractivity contribution in [1.82, 2.24) is 0 Å². The minimum atomic E-state index is -6.54. The molecule has 4 nitrogen and oxygen atoms in total. The molecule has 0 amide bonds. The molecule has 0 aliphatic carbocycles. The van der Waals surface area contributed by atoms with Crippen LogP contribution in [0.4, 0.5) is 30.7 Å². The van der Waals surface area contributed by atoms with Crippen molar-refractivity contribution in [3.05, 3.63) is 0 Å². The van der Waals surface area contributed by atoms with Crippen LogP contribution in [0.25, 0.3) is 0 Å². The maximum atomic E-state index is 13.0. The second kappa shape index (κ2) is 6.59. The lowest BCUT2D eigenvalue weighted by Crippen LogP contribution is -2.52. The van der Waals surface area contributed by atoms with E-state index in [1.165, 1.54) is 6.92 Å². The fourth-order valence-corrected chi connectivity index (χ4v) is 3.20. The van der Waals surface area contributed by atoms with Gasteiger partial charge in [-0.1, -0.05) is 6.92 Å². The van der Waals surface area contributed by atoms with Crippen molar-refractivity contribution in [2.24, 2.45) is 0 Å². The third kappa shape index (κ3) is 4.46. The number of carboxylic acid groups (broad SMARTS) is 1. The van der Waals surface area contributed by atoms with E-state index in [1.807, 2.05) is 0 Å². The molecule has 1 N–H and O–H groups in total. The Morgan fingerprint density at radius 2 is 1.55 bits per heavy atom. The average molecular weight is 362 g/mol. The maximum absolute atomic E-state index is 13.0. The SMILES string of the molecule is CCCS(=O)(=O)C(CCC(F)(F)C(F)(F)C(F)(F)F)C(=O)O. The Labute approximate surface area is 121 Å². The predicted octanol–water partition coefficient (Wildman–Crippen LogP) is 2.88. The lowest BCUT2D eigenvalue weighted by atomic mass is 10.0. The van der Waals surface area contributed by atoms with Crippen LogP contribution in [0.5, 0.6) is 0 Å². The number of hydrogen-bond donors (Lipinski definition) is 1. The van der Waals surface area contributed by atoms with Gasteiger partial charge in [-0.3, -0.25) is 4.79 Å². The first-order chi connectivity index (χ1) is 9.60. The van der Waals surface area contributed by atoms with Gasteiger partial charge in [0.2, 0.25) is 0 Å². The van der Waals surface area contributed by atoms with Gasteiger partial charge in [0.15, 0.2) is 15.1 Å². The summed E-state index contributed by atoms with van der Waals surface area (Å²) in [6.07, 6.45) is -10.4. The zero-order valence-electron chi connectivity index (χ0n) is 11.1. The molecule has 0 aromatic rings. The molecule has 0 saturated heterocycles. The number of alkyl halides is 7. The van der Waals surface area contributed by atoms with E-state index in [1.54, 1.807) is 0 Å². The largest absolute Gasteiger partial charge is 0.480 e. The second-order valence-electron chi connectivity index (χ2n) is 4.51. The normalized spacial score (nSPS) is 15.6. The van der Waals surface area contributed by atoms with Gasteiger partial charge in [0, 0.05) is 6.42 Å². The fraction of sp³-hybridized carbons (Fsp3) is 0.900. The van der Waals surface area contributed by atoms with Gasteiger partial charge in [-0.25, -0.2) is 8.42 Å². The predicted molar refractivity (Wildman–Crippen MR) is 60.7 cm³/mol. The van der Waals surface area contributed by atoms with Gasteiger partial charge in [-0.05, 0) is 12.8 Å². The number of rotatable bonds is 8. The minimum Gasteiger partial charge on any atom is -0.480 e. The Kier molecular flexibility index (Phi) is 6.27. The molecule has 1 atom stereocenters. The highest BCUT2D eigenvalue weighted by molar-refractivity contribution is 7.92. The molecule has 0 rings (SSSR count). The van der Waals surface area contributed by atoms with E-state index in [-0.39, 0.29) is 6.42 Å². The summed E-state index contributed by atoms with van der Waals surface area (Å²) in [6, 6.07) is 0. The van der Waals surface area contributed by atoms with Crippen LogP contribution >= 0.6 is 0 Å². The van der Waals surface area contributed by atoms with Gasteiger partial charge >= 0.3 is 24.0 Å². The topological polar surface area (TPSA) is 71.4 Å².